The minimum Gasteiger partial charge on any atom is -0.394 e. The number of aliphatic hydroxyl groups is 11. The average molecular weight is 1550 g/mol. The second kappa shape index (κ2) is 70.0. The second-order valence-electron chi connectivity index (χ2n) is 33.5. The lowest BCUT2D eigenvalue weighted by atomic mass is 9.96. The number of carbonyl (C=O) groups excluding carboxylic acids is 1. The molecule has 17 unspecified atom stereocenters. The minimum absolute atomic E-state index is 0.230. The van der Waals surface area contributed by atoms with Gasteiger partial charge in [0.2, 0.25) is 5.91 Å². The molecule has 3 rings (SSSR count). The molecule has 1 amide bonds. The molecule has 17 atom stereocenters. The Morgan fingerprint density at radius 1 is 0.296 bits per heavy atom. The zero-order valence-corrected chi connectivity index (χ0v) is 69.4. The van der Waals surface area contributed by atoms with Crippen molar-refractivity contribution in [2.75, 3.05) is 26.4 Å². The highest BCUT2D eigenvalue weighted by Gasteiger charge is 2.54. The van der Waals surface area contributed by atoms with Gasteiger partial charge in [-0.2, -0.15) is 0 Å². The second-order valence-corrected chi connectivity index (χ2v) is 33.5. The maximum Gasteiger partial charge on any atom is 0.220 e. The monoisotopic (exact) mass is 1540 g/mol. The first-order valence-electron chi connectivity index (χ1n) is 46.3. The van der Waals surface area contributed by atoms with E-state index in [0.29, 0.717) is 12.8 Å². The fourth-order valence-electron chi connectivity index (χ4n) is 16.3. The molecule has 19 heteroatoms. The normalized spacial score (nSPS) is 25.3. The van der Waals surface area contributed by atoms with Gasteiger partial charge < -0.3 is 89.9 Å². The molecule has 3 fully saturated rings. The lowest BCUT2D eigenvalue weighted by Gasteiger charge is -2.48. The predicted molar refractivity (Wildman–Crippen MR) is 434 cm³/mol. The summed E-state index contributed by atoms with van der Waals surface area (Å²) in [6, 6.07) is -0.885. The molecular formula is C89H173NO18. The van der Waals surface area contributed by atoms with Crippen LogP contribution in [0, 0.1) is 0 Å². The minimum atomic E-state index is -1.97. The van der Waals surface area contributed by atoms with Crippen molar-refractivity contribution in [1.82, 2.24) is 5.32 Å². The number of hydrogen-bond acceptors (Lipinski definition) is 18. The van der Waals surface area contributed by atoms with Gasteiger partial charge in [0.1, 0.15) is 73.2 Å². The lowest BCUT2D eigenvalue weighted by molar-refractivity contribution is -0.379. The molecule has 12 N–H and O–H groups in total. The number of amides is 1. The summed E-state index contributed by atoms with van der Waals surface area (Å²) in [5.41, 5.74) is 0. The Morgan fingerprint density at radius 2 is 0.528 bits per heavy atom. The summed E-state index contributed by atoms with van der Waals surface area (Å²) < 4.78 is 34.6. The Kier molecular flexibility index (Phi) is 65.5. The quantitative estimate of drug-likeness (QED) is 0.0252. The van der Waals surface area contributed by atoms with Gasteiger partial charge in [-0.05, 0) is 12.8 Å². The van der Waals surface area contributed by atoms with E-state index in [1.807, 2.05) is 0 Å². The standard InChI is InChI=1S/C89H173NO18/c1-3-5-7-9-11-13-15-17-19-21-23-25-27-29-31-33-35-36-37-38-40-42-44-46-48-50-52-54-56-58-60-62-64-66-73(94)72(90-77(95)67-65-63-61-59-57-55-53-51-49-47-45-43-41-39-34-32-30-28-26-24-22-20-18-16-14-12-10-8-6-4-2)71-103-87-83(101)80(98)85(75(69-92)105-87)108-89-84(102)81(99)86(76(70-93)106-89)107-88-82(100)79(97)78(96)74(68-91)104-88/h72-76,78-89,91-94,96-102H,3-71H2,1-2H3,(H,90,95). The SMILES string of the molecule is CCCCCCCCCCCCCCCCCCCCCCCCCCCCCCCCCCCC(O)C(COC1OC(CO)C(OC2OC(CO)C(OC3OC(CO)C(O)C(O)C3O)C(O)C2O)C(O)C1O)NC(=O)CCCCCCCCCCCCCCCCCCCCCCCCCCCCCCCC. The van der Waals surface area contributed by atoms with Crippen LogP contribution in [0.2, 0.25) is 0 Å². The van der Waals surface area contributed by atoms with Crippen molar-refractivity contribution in [1.29, 1.82) is 0 Å². The van der Waals surface area contributed by atoms with Gasteiger partial charge in [0.05, 0.1) is 38.6 Å². The molecule has 0 bridgehead atoms. The van der Waals surface area contributed by atoms with Crippen molar-refractivity contribution in [2.45, 2.75) is 535 Å². The van der Waals surface area contributed by atoms with Crippen LogP contribution < -0.4 is 5.32 Å². The van der Waals surface area contributed by atoms with Gasteiger partial charge in [0.15, 0.2) is 18.9 Å². The molecule has 19 nitrogen and oxygen atoms in total. The van der Waals surface area contributed by atoms with E-state index in [0.717, 1.165) is 44.9 Å². The third-order valence-electron chi connectivity index (χ3n) is 23.7. The van der Waals surface area contributed by atoms with Crippen LogP contribution in [0.15, 0.2) is 0 Å². The van der Waals surface area contributed by atoms with Crippen LogP contribution >= 0.6 is 0 Å². The highest BCUT2D eigenvalue weighted by atomic mass is 16.8. The van der Waals surface area contributed by atoms with Crippen LogP contribution in [-0.4, -0.2) is 193 Å². The number of carbonyl (C=O) groups is 1. The molecule has 3 saturated heterocycles. The van der Waals surface area contributed by atoms with Crippen molar-refractivity contribution < 1.29 is 89.4 Å². The van der Waals surface area contributed by atoms with E-state index >= 15 is 0 Å². The number of aliphatic hydroxyl groups excluding tert-OH is 11. The smallest absolute Gasteiger partial charge is 0.220 e. The molecule has 642 valence electrons. The van der Waals surface area contributed by atoms with E-state index < -0.39 is 124 Å². The van der Waals surface area contributed by atoms with Crippen LogP contribution in [-0.2, 0) is 33.2 Å². The van der Waals surface area contributed by atoms with Gasteiger partial charge in [-0.1, -0.05) is 412 Å². The fourth-order valence-corrected chi connectivity index (χ4v) is 16.3. The van der Waals surface area contributed by atoms with Gasteiger partial charge in [-0.15, -0.1) is 0 Å². The van der Waals surface area contributed by atoms with E-state index in [1.54, 1.807) is 0 Å². The summed E-state index contributed by atoms with van der Waals surface area (Å²) in [6.45, 7) is 1.90. The molecule has 108 heavy (non-hydrogen) atoms. The van der Waals surface area contributed by atoms with Gasteiger partial charge in [-0.3, -0.25) is 4.79 Å². The van der Waals surface area contributed by atoms with Crippen LogP contribution in [0.5, 0.6) is 0 Å². The van der Waals surface area contributed by atoms with Gasteiger partial charge in [-0.25, -0.2) is 0 Å². The first kappa shape index (κ1) is 101. The van der Waals surface area contributed by atoms with E-state index in [1.165, 1.54) is 353 Å². The summed E-state index contributed by atoms with van der Waals surface area (Å²) in [6.07, 6.45) is 58.0. The first-order chi connectivity index (χ1) is 52.8. The van der Waals surface area contributed by atoms with Crippen molar-refractivity contribution in [3.63, 3.8) is 0 Å². The zero-order valence-electron chi connectivity index (χ0n) is 69.4. The van der Waals surface area contributed by atoms with Crippen LogP contribution in [0.3, 0.4) is 0 Å². The molecule has 3 heterocycles. The number of nitrogens with one attached hydrogen (secondary N) is 1. The molecule has 0 aromatic heterocycles. The van der Waals surface area contributed by atoms with E-state index in [9.17, 15) is 61.0 Å². The lowest BCUT2D eigenvalue weighted by Crippen LogP contribution is -2.66. The number of hydrogen-bond donors (Lipinski definition) is 12. The van der Waals surface area contributed by atoms with Crippen molar-refractivity contribution >= 4 is 5.91 Å². The highest BCUT2D eigenvalue weighted by molar-refractivity contribution is 5.76. The van der Waals surface area contributed by atoms with Crippen LogP contribution in [0.4, 0.5) is 0 Å². The molecule has 0 saturated carbocycles. The van der Waals surface area contributed by atoms with Crippen molar-refractivity contribution in [2.24, 2.45) is 0 Å². The molecule has 0 spiro atoms. The first-order valence-corrected chi connectivity index (χ1v) is 46.3. The third-order valence-corrected chi connectivity index (χ3v) is 23.7. The number of ether oxygens (including phenoxy) is 6. The molecule has 3 aliphatic heterocycles. The predicted octanol–water partition coefficient (Wildman–Crippen LogP) is 17.7. The van der Waals surface area contributed by atoms with E-state index in [-0.39, 0.29) is 18.9 Å². The van der Waals surface area contributed by atoms with Crippen molar-refractivity contribution in [3.8, 4) is 0 Å². The highest BCUT2D eigenvalue weighted by Crippen LogP contribution is 2.34. The van der Waals surface area contributed by atoms with Crippen LogP contribution in [0.1, 0.15) is 431 Å². The Morgan fingerprint density at radius 3 is 0.806 bits per heavy atom. The summed E-state index contributed by atoms with van der Waals surface area (Å²) >= 11 is 0. The molecule has 0 aromatic rings. The number of rotatable bonds is 77. The topological polar surface area (TPSA) is 307 Å². The Labute approximate surface area is 659 Å². The molecule has 0 radical (unpaired) electrons. The largest absolute Gasteiger partial charge is 0.394 e. The molecular weight excluding hydrogens is 1370 g/mol. The van der Waals surface area contributed by atoms with E-state index in [4.69, 9.17) is 28.4 Å². The fraction of sp³-hybridized carbons (Fsp3) is 0.989. The van der Waals surface area contributed by atoms with E-state index in [2.05, 4.69) is 19.2 Å². The summed E-state index contributed by atoms with van der Waals surface area (Å²) in [5.74, 6) is -0.230. The Bertz CT molecular complexity index is 1940. The van der Waals surface area contributed by atoms with Gasteiger partial charge in [0, 0.05) is 6.42 Å². The summed E-state index contributed by atoms with van der Waals surface area (Å²) in [4.78, 5) is 13.5. The zero-order chi connectivity index (χ0) is 78.1. The van der Waals surface area contributed by atoms with Gasteiger partial charge >= 0.3 is 0 Å². The maximum absolute atomic E-state index is 13.5. The maximum atomic E-state index is 13.5. The van der Waals surface area contributed by atoms with Crippen LogP contribution in [0.25, 0.3) is 0 Å². The van der Waals surface area contributed by atoms with Gasteiger partial charge in [0.25, 0.3) is 0 Å². The average Bonchev–Trinajstić information content (AvgIpc) is 0.780. The molecule has 0 aromatic carbocycles. The third kappa shape index (κ3) is 48.4. The molecule has 3 aliphatic rings. The number of unbranched alkanes of at least 4 members (excludes halogenated alkanes) is 61. The van der Waals surface area contributed by atoms with Crippen molar-refractivity contribution in [3.05, 3.63) is 0 Å². The summed E-state index contributed by atoms with van der Waals surface area (Å²) in [7, 11) is 0. The molecule has 0 aliphatic carbocycles. The Hall–Kier alpha value is -1.21. The Balaban J connectivity index is 1.31. The summed E-state index contributed by atoms with van der Waals surface area (Å²) in [5, 5.41) is 121.